The Balaban J connectivity index is 1.69. The number of nitrogens with zero attached hydrogens (tertiary/aromatic N) is 1. The summed E-state index contributed by atoms with van der Waals surface area (Å²) >= 11 is 9.06. The van der Waals surface area contributed by atoms with Gasteiger partial charge in [-0.3, -0.25) is 4.79 Å². The maximum absolute atomic E-state index is 11.7. The zero-order valence-corrected chi connectivity index (χ0v) is 15.0. The van der Waals surface area contributed by atoms with E-state index in [2.05, 4.69) is 10.5 Å². The molecule has 1 amide bonds. The van der Waals surface area contributed by atoms with E-state index >= 15 is 0 Å². The van der Waals surface area contributed by atoms with Gasteiger partial charge in [0.2, 0.25) is 5.91 Å². The van der Waals surface area contributed by atoms with E-state index in [0.29, 0.717) is 5.75 Å². The molecule has 2 rings (SSSR count). The lowest BCUT2D eigenvalue weighted by Crippen LogP contribution is -2.19. The summed E-state index contributed by atoms with van der Waals surface area (Å²) in [5.41, 5.74) is 4.64. The van der Waals surface area contributed by atoms with Gasteiger partial charge in [-0.2, -0.15) is 5.10 Å². The molecule has 120 valence electrons. The van der Waals surface area contributed by atoms with Gasteiger partial charge in [0.1, 0.15) is 0 Å². The van der Waals surface area contributed by atoms with Crippen LogP contribution in [0.2, 0.25) is 5.02 Å². The standard InChI is InChI=1S/C17H17ClN2OS2/c1-22-16-8-4-13(5-9-16)10-19-20-17(21)12-23-11-14-2-6-15(18)7-3-14/h2-10H,11-12H2,1H3,(H,20,21)/b19-10-. The number of nitrogens with one attached hydrogen (secondary N) is 1. The van der Waals surface area contributed by atoms with Gasteiger partial charge in [-0.1, -0.05) is 35.9 Å². The zero-order valence-electron chi connectivity index (χ0n) is 12.7. The van der Waals surface area contributed by atoms with Crippen LogP contribution in [0.5, 0.6) is 0 Å². The summed E-state index contributed by atoms with van der Waals surface area (Å²) in [6, 6.07) is 15.6. The van der Waals surface area contributed by atoms with Gasteiger partial charge in [0.25, 0.3) is 0 Å². The second kappa shape index (κ2) is 9.65. The number of hydrogen-bond acceptors (Lipinski definition) is 4. The largest absolute Gasteiger partial charge is 0.272 e. The molecule has 0 aliphatic heterocycles. The van der Waals surface area contributed by atoms with Crippen molar-refractivity contribution in [1.29, 1.82) is 0 Å². The highest BCUT2D eigenvalue weighted by atomic mass is 35.5. The van der Waals surface area contributed by atoms with Crippen LogP contribution in [0.3, 0.4) is 0 Å². The first-order valence-corrected chi connectivity index (χ1v) is 9.71. The summed E-state index contributed by atoms with van der Waals surface area (Å²) in [7, 11) is 0. The maximum atomic E-state index is 11.7. The van der Waals surface area contributed by atoms with E-state index in [4.69, 9.17) is 11.6 Å². The molecule has 0 radical (unpaired) electrons. The molecule has 3 nitrogen and oxygen atoms in total. The van der Waals surface area contributed by atoms with E-state index < -0.39 is 0 Å². The number of rotatable bonds is 7. The molecule has 0 aromatic heterocycles. The Bertz CT molecular complexity index is 657. The van der Waals surface area contributed by atoms with Crippen molar-refractivity contribution in [3.05, 3.63) is 64.7 Å². The Kier molecular flexibility index (Phi) is 7.52. The lowest BCUT2D eigenvalue weighted by molar-refractivity contribution is -0.118. The third-order valence-corrected chi connectivity index (χ3v) is 4.93. The molecular formula is C17H17ClN2OS2. The molecular weight excluding hydrogens is 348 g/mol. The molecule has 0 unspecified atom stereocenters. The number of halogens is 1. The van der Waals surface area contributed by atoms with Crippen molar-refractivity contribution in [2.75, 3.05) is 12.0 Å². The Morgan fingerprint density at radius 2 is 1.87 bits per heavy atom. The van der Waals surface area contributed by atoms with Gasteiger partial charge in [0.05, 0.1) is 12.0 Å². The van der Waals surface area contributed by atoms with Crippen LogP contribution in [0, 0.1) is 0 Å². The summed E-state index contributed by atoms with van der Waals surface area (Å²) in [5, 5.41) is 4.69. The van der Waals surface area contributed by atoms with Crippen LogP contribution in [-0.2, 0) is 10.5 Å². The molecule has 23 heavy (non-hydrogen) atoms. The lowest BCUT2D eigenvalue weighted by Gasteiger charge is -2.02. The molecule has 0 aliphatic rings. The molecule has 0 saturated carbocycles. The average Bonchev–Trinajstić information content (AvgIpc) is 2.57. The topological polar surface area (TPSA) is 41.5 Å². The molecule has 6 heteroatoms. The number of hydrazone groups is 1. The molecule has 0 aliphatic carbocycles. The summed E-state index contributed by atoms with van der Waals surface area (Å²) in [6.07, 6.45) is 3.68. The molecule has 2 aromatic carbocycles. The van der Waals surface area contributed by atoms with Gasteiger partial charge in [-0.15, -0.1) is 23.5 Å². The van der Waals surface area contributed by atoms with Crippen molar-refractivity contribution in [2.45, 2.75) is 10.6 Å². The van der Waals surface area contributed by atoms with E-state index in [9.17, 15) is 4.79 Å². The lowest BCUT2D eigenvalue weighted by atomic mass is 10.2. The third-order valence-electron chi connectivity index (χ3n) is 2.93. The molecule has 2 aromatic rings. The van der Waals surface area contributed by atoms with Crippen LogP contribution in [0.25, 0.3) is 0 Å². The molecule has 0 spiro atoms. The fourth-order valence-electron chi connectivity index (χ4n) is 1.74. The predicted octanol–water partition coefficient (Wildman–Crippen LogP) is 4.45. The highest BCUT2D eigenvalue weighted by molar-refractivity contribution is 7.99. The van der Waals surface area contributed by atoms with Crippen LogP contribution in [-0.4, -0.2) is 24.1 Å². The van der Waals surface area contributed by atoms with E-state index in [-0.39, 0.29) is 5.91 Å². The first-order valence-electron chi connectivity index (χ1n) is 6.95. The average molecular weight is 365 g/mol. The van der Waals surface area contributed by atoms with Crippen molar-refractivity contribution >= 4 is 47.2 Å². The van der Waals surface area contributed by atoms with Crippen LogP contribution >= 0.6 is 35.1 Å². The molecule has 1 N–H and O–H groups in total. The summed E-state index contributed by atoms with van der Waals surface area (Å²) in [6.45, 7) is 0. The predicted molar refractivity (Wildman–Crippen MR) is 102 cm³/mol. The van der Waals surface area contributed by atoms with Gasteiger partial charge < -0.3 is 0 Å². The quantitative estimate of drug-likeness (QED) is 0.448. The number of carbonyl (C=O) groups is 1. The van der Waals surface area contributed by atoms with Gasteiger partial charge in [-0.05, 0) is 41.6 Å². The van der Waals surface area contributed by atoms with Crippen LogP contribution < -0.4 is 5.43 Å². The van der Waals surface area contributed by atoms with Gasteiger partial charge in [-0.25, -0.2) is 5.43 Å². The Morgan fingerprint density at radius 1 is 1.17 bits per heavy atom. The second-order valence-electron chi connectivity index (χ2n) is 4.69. The molecule has 0 fully saturated rings. The van der Waals surface area contributed by atoms with E-state index in [1.54, 1.807) is 18.0 Å². The summed E-state index contributed by atoms with van der Waals surface area (Å²) < 4.78 is 0. The van der Waals surface area contributed by atoms with Crippen molar-refractivity contribution in [3.63, 3.8) is 0 Å². The SMILES string of the molecule is CSc1ccc(/C=N\NC(=O)CSCc2ccc(Cl)cc2)cc1. The zero-order chi connectivity index (χ0) is 16.5. The number of benzene rings is 2. The Hall–Kier alpha value is -1.43. The van der Waals surface area contributed by atoms with Gasteiger partial charge >= 0.3 is 0 Å². The minimum absolute atomic E-state index is 0.110. The number of amides is 1. The normalized spacial score (nSPS) is 10.9. The Labute approximate surface area is 149 Å². The van der Waals surface area contributed by atoms with E-state index in [1.807, 2.05) is 54.8 Å². The van der Waals surface area contributed by atoms with Crippen molar-refractivity contribution in [2.24, 2.45) is 5.10 Å². The van der Waals surface area contributed by atoms with Gasteiger partial charge in [0.15, 0.2) is 0 Å². The molecule has 0 bridgehead atoms. The number of carbonyl (C=O) groups excluding carboxylic acids is 1. The minimum atomic E-state index is -0.110. The smallest absolute Gasteiger partial charge is 0.250 e. The molecule has 0 atom stereocenters. The molecule has 0 heterocycles. The third kappa shape index (κ3) is 6.69. The fourth-order valence-corrected chi connectivity index (χ4v) is 3.06. The summed E-state index contributed by atoms with van der Waals surface area (Å²) in [4.78, 5) is 12.9. The minimum Gasteiger partial charge on any atom is -0.272 e. The van der Waals surface area contributed by atoms with Crippen LogP contribution in [0.1, 0.15) is 11.1 Å². The second-order valence-corrected chi connectivity index (χ2v) is 6.99. The van der Waals surface area contributed by atoms with E-state index in [0.717, 1.165) is 21.9 Å². The van der Waals surface area contributed by atoms with Crippen molar-refractivity contribution in [1.82, 2.24) is 5.43 Å². The van der Waals surface area contributed by atoms with Gasteiger partial charge in [0, 0.05) is 15.7 Å². The van der Waals surface area contributed by atoms with Crippen LogP contribution in [0.4, 0.5) is 0 Å². The van der Waals surface area contributed by atoms with Crippen molar-refractivity contribution < 1.29 is 4.79 Å². The van der Waals surface area contributed by atoms with Crippen molar-refractivity contribution in [3.8, 4) is 0 Å². The summed E-state index contributed by atoms with van der Waals surface area (Å²) in [5.74, 6) is 1.02. The highest BCUT2D eigenvalue weighted by Crippen LogP contribution is 2.15. The van der Waals surface area contributed by atoms with Crippen LogP contribution in [0.15, 0.2) is 58.5 Å². The maximum Gasteiger partial charge on any atom is 0.250 e. The fraction of sp³-hybridized carbons (Fsp3) is 0.176. The molecule has 0 saturated heterocycles. The number of thioether (sulfide) groups is 2. The Morgan fingerprint density at radius 3 is 2.52 bits per heavy atom. The highest BCUT2D eigenvalue weighted by Gasteiger charge is 2.01. The first kappa shape index (κ1) is 17.9. The monoisotopic (exact) mass is 364 g/mol. The van der Waals surface area contributed by atoms with E-state index in [1.165, 1.54) is 16.7 Å². The number of hydrogen-bond donors (Lipinski definition) is 1. The first-order chi connectivity index (χ1) is 11.2.